The smallest absolute Gasteiger partial charge is 0.307 e. The second-order valence-corrected chi connectivity index (χ2v) is 8.06. The third kappa shape index (κ3) is 4.79. The number of hydrogen-bond acceptors (Lipinski definition) is 6. The largest absolute Gasteiger partial charge is 0.459 e. The SMILES string of the molecule is Cc1c(C(=O)NNC(=O)c2ccc(Cl)cc2Cl)oc2c1/C(=N/NC(=O)c1ccco1)CCC2. The number of halogens is 2. The van der Waals surface area contributed by atoms with Crippen molar-refractivity contribution in [1.82, 2.24) is 16.3 Å². The van der Waals surface area contributed by atoms with Crippen molar-refractivity contribution in [3.63, 3.8) is 0 Å². The zero-order chi connectivity index (χ0) is 23.5. The van der Waals surface area contributed by atoms with Crippen LogP contribution >= 0.6 is 23.2 Å². The number of fused-ring (bicyclic) bond motifs is 1. The number of rotatable bonds is 4. The second kappa shape index (κ2) is 9.51. The van der Waals surface area contributed by atoms with Gasteiger partial charge in [-0.1, -0.05) is 23.2 Å². The van der Waals surface area contributed by atoms with E-state index in [0.29, 0.717) is 40.5 Å². The quantitative estimate of drug-likeness (QED) is 0.477. The van der Waals surface area contributed by atoms with Gasteiger partial charge in [0.25, 0.3) is 5.91 Å². The number of furan rings is 2. The Morgan fingerprint density at radius 3 is 2.55 bits per heavy atom. The molecule has 170 valence electrons. The summed E-state index contributed by atoms with van der Waals surface area (Å²) in [5, 5.41) is 4.75. The molecule has 1 aliphatic rings. The van der Waals surface area contributed by atoms with Crippen LogP contribution in [0.1, 0.15) is 61.2 Å². The van der Waals surface area contributed by atoms with Gasteiger partial charge in [0.15, 0.2) is 11.5 Å². The number of nitrogens with zero attached hydrogens (tertiary/aromatic N) is 1. The third-order valence-corrected chi connectivity index (χ3v) is 5.58. The number of nitrogens with one attached hydrogen (secondary N) is 3. The zero-order valence-electron chi connectivity index (χ0n) is 17.3. The first-order valence-electron chi connectivity index (χ1n) is 9.94. The van der Waals surface area contributed by atoms with Gasteiger partial charge < -0.3 is 8.83 Å². The summed E-state index contributed by atoms with van der Waals surface area (Å²) in [6.45, 7) is 1.71. The van der Waals surface area contributed by atoms with E-state index in [1.807, 2.05) is 0 Å². The Morgan fingerprint density at radius 1 is 1.03 bits per heavy atom. The molecular weight excluding hydrogens is 471 g/mol. The summed E-state index contributed by atoms with van der Waals surface area (Å²) >= 11 is 11.9. The van der Waals surface area contributed by atoms with Crippen molar-refractivity contribution in [3.05, 3.63) is 80.6 Å². The standard InChI is InChI=1S/C22H18Cl2N4O5/c1-11-18-15(25-27-21(30)17-6-3-9-32-17)4-2-5-16(18)33-19(11)22(31)28-26-20(29)13-8-7-12(23)10-14(13)24/h3,6-10H,2,4-5H2,1H3,(H,26,29)(H,27,30)(H,28,31)/b25-15+. The van der Waals surface area contributed by atoms with Crippen LogP contribution in [0.2, 0.25) is 10.0 Å². The zero-order valence-corrected chi connectivity index (χ0v) is 18.8. The van der Waals surface area contributed by atoms with Crippen LogP contribution in [-0.2, 0) is 6.42 Å². The van der Waals surface area contributed by atoms with Crippen molar-refractivity contribution < 1.29 is 23.2 Å². The lowest BCUT2D eigenvalue weighted by Gasteiger charge is -2.13. The molecule has 0 saturated carbocycles. The molecule has 2 aromatic heterocycles. The molecular formula is C22H18Cl2N4O5. The van der Waals surface area contributed by atoms with Gasteiger partial charge in [-0.2, -0.15) is 5.10 Å². The van der Waals surface area contributed by atoms with Crippen LogP contribution in [0.25, 0.3) is 0 Å². The molecule has 1 aliphatic carbocycles. The van der Waals surface area contributed by atoms with Crippen molar-refractivity contribution in [2.45, 2.75) is 26.2 Å². The van der Waals surface area contributed by atoms with Gasteiger partial charge in [-0.3, -0.25) is 25.2 Å². The molecule has 2 heterocycles. The number of hydrazone groups is 1. The molecule has 3 aromatic rings. The number of carbonyl (C=O) groups is 3. The predicted molar refractivity (Wildman–Crippen MR) is 120 cm³/mol. The lowest BCUT2D eigenvalue weighted by Crippen LogP contribution is -2.41. The van der Waals surface area contributed by atoms with Crippen LogP contribution in [0.15, 0.2) is 50.5 Å². The van der Waals surface area contributed by atoms with Crippen LogP contribution in [0.4, 0.5) is 0 Å². The minimum Gasteiger partial charge on any atom is -0.459 e. The minimum atomic E-state index is -0.640. The highest BCUT2D eigenvalue weighted by Gasteiger charge is 2.28. The molecule has 33 heavy (non-hydrogen) atoms. The van der Waals surface area contributed by atoms with E-state index >= 15 is 0 Å². The van der Waals surface area contributed by atoms with E-state index in [1.165, 1.54) is 30.5 Å². The lowest BCUT2D eigenvalue weighted by molar-refractivity contribution is 0.0829. The van der Waals surface area contributed by atoms with Gasteiger partial charge in [0.2, 0.25) is 0 Å². The Hall–Kier alpha value is -3.56. The molecule has 1 aromatic carbocycles. The van der Waals surface area contributed by atoms with Crippen LogP contribution in [0.3, 0.4) is 0 Å². The predicted octanol–water partition coefficient (Wildman–Crippen LogP) is 4.03. The summed E-state index contributed by atoms with van der Waals surface area (Å²) in [7, 11) is 0. The topological polar surface area (TPSA) is 126 Å². The summed E-state index contributed by atoms with van der Waals surface area (Å²) in [5.41, 5.74) is 9.05. The van der Waals surface area contributed by atoms with Gasteiger partial charge in [0.05, 0.1) is 22.6 Å². The summed E-state index contributed by atoms with van der Waals surface area (Å²) in [4.78, 5) is 37.1. The Balaban J connectivity index is 1.48. The van der Waals surface area contributed by atoms with E-state index in [-0.39, 0.29) is 22.1 Å². The van der Waals surface area contributed by atoms with Crippen molar-refractivity contribution >= 4 is 46.6 Å². The molecule has 0 radical (unpaired) electrons. The van der Waals surface area contributed by atoms with Gasteiger partial charge >= 0.3 is 11.8 Å². The Bertz CT molecular complexity index is 1260. The van der Waals surface area contributed by atoms with Gasteiger partial charge in [0, 0.05) is 22.6 Å². The van der Waals surface area contributed by atoms with Crippen LogP contribution in [0.5, 0.6) is 0 Å². The fraction of sp³-hybridized carbons (Fsp3) is 0.182. The number of benzene rings is 1. The maximum atomic E-state index is 12.7. The number of aryl methyl sites for hydroxylation is 1. The van der Waals surface area contributed by atoms with Gasteiger partial charge in [-0.25, -0.2) is 5.43 Å². The maximum Gasteiger partial charge on any atom is 0.307 e. The molecule has 0 bridgehead atoms. The Morgan fingerprint density at radius 2 is 1.82 bits per heavy atom. The van der Waals surface area contributed by atoms with Gasteiger partial charge in [-0.15, -0.1) is 0 Å². The van der Waals surface area contributed by atoms with E-state index in [4.69, 9.17) is 32.0 Å². The molecule has 3 amide bonds. The van der Waals surface area contributed by atoms with Gasteiger partial charge in [-0.05, 0) is 50.1 Å². The monoisotopic (exact) mass is 488 g/mol. The van der Waals surface area contributed by atoms with Crippen LogP contribution < -0.4 is 16.3 Å². The maximum absolute atomic E-state index is 12.7. The summed E-state index contributed by atoms with van der Waals surface area (Å²) in [6.07, 6.45) is 3.34. The van der Waals surface area contributed by atoms with Crippen molar-refractivity contribution in [3.8, 4) is 0 Å². The highest BCUT2D eigenvalue weighted by Crippen LogP contribution is 2.30. The fourth-order valence-corrected chi connectivity index (χ4v) is 3.98. The molecule has 4 rings (SSSR count). The van der Waals surface area contributed by atoms with Crippen molar-refractivity contribution in [2.75, 3.05) is 0 Å². The summed E-state index contributed by atoms with van der Waals surface area (Å²) < 4.78 is 10.8. The first kappa shape index (κ1) is 22.6. The van der Waals surface area contributed by atoms with Gasteiger partial charge in [0.1, 0.15) is 5.76 Å². The molecule has 9 nitrogen and oxygen atoms in total. The van der Waals surface area contributed by atoms with Crippen LogP contribution in [-0.4, -0.2) is 23.4 Å². The van der Waals surface area contributed by atoms with E-state index in [9.17, 15) is 14.4 Å². The number of hydrogen-bond donors (Lipinski definition) is 3. The average molecular weight is 489 g/mol. The van der Waals surface area contributed by atoms with Crippen molar-refractivity contribution in [1.29, 1.82) is 0 Å². The second-order valence-electron chi connectivity index (χ2n) is 7.22. The molecule has 0 atom stereocenters. The number of carbonyl (C=O) groups excluding carboxylic acids is 3. The lowest BCUT2D eigenvalue weighted by atomic mass is 9.93. The first-order valence-corrected chi connectivity index (χ1v) is 10.7. The number of hydrazine groups is 1. The molecule has 3 N–H and O–H groups in total. The highest BCUT2D eigenvalue weighted by atomic mass is 35.5. The highest BCUT2D eigenvalue weighted by molar-refractivity contribution is 6.36. The van der Waals surface area contributed by atoms with Crippen LogP contribution in [0, 0.1) is 6.92 Å². The summed E-state index contributed by atoms with van der Waals surface area (Å²) in [5.74, 6) is -0.976. The molecule has 0 saturated heterocycles. The van der Waals surface area contributed by atoms with E-state index in [0.717, 1.165) is 6.42 Å². The minimum absolute atomic E-state index is 0.0365. The number of amides is 3. The molecule has 0 spiro atoms. The molecule has 0 aliphatic heterocycles. The van der Waals surface area contributed by atoms with Crippen molar-refractivity contribution in [2.24, 2.45) is 5.10 Å². The average Bonchev–Trinajstić information content (AvgIpc) is 3.44. The van der Waals surface area contributed by atoms with E-state index < -0.39 is 17.7 Å². The van der Waals surface area contributed by atoms with E-state index in [1.54, 1.807) is 13.0 Å². The summed E-state index contributed by atoms with van der Waals surface area (Å²) in [6, 6.07) is 7.52. The normalized spacial score (nSPS) is 14.0. The Labute approximate surface area is 198 Å². The first-order chi connectivity index (χ1) is 15.8. The molecule has 0 unspecified atom stereocenters. The Kier molecular flexibility index (Phi) is 6.52. The molecule has 11 heteroatoms. The molecule has 0 fully saturated rings. The van der Waals surface area contributed by atoms with E-state index in [2.05, 4.69) is 21.4 Å². The third-order valence-electron chi connectivity index (χ3n) is 5.03. The fourth-order valence-electron chi connectivity index (χ4n) is 3.49.